The maximum atomic E-state index is 12.2. The van der Waals surface area contributed by atoms with Gasteiger partial charge in [-0.05, 0) is 36.8 Å². The molecule has 1 aromatic carbocycles. The van der Waals surface area contributed by atoms with E-state index >= 15 is 0 Å². The molecule has 0 saturated carbocycles. The zero-order valence-corrected chi connectivity index (χ0v) is 16.7. The molecule has 2 rings (SSSR count). The zero-order chi connectivity index (χ0) is 19.1. The summed E-state index contributed by atoms with van der Waals surface area (Å²) in [4.78, 5) is 23.9. The Morgan fingerprint density at radius 1 is 1.27 bits per heavy atom. The van der Waals surface area contributed by atoms with E-state index in [0.29, 0.717) is 17.6 Å². The minimum atomic E-state index is -0.232. The number of rotatable bonds is 9. The number of amides is 1. The number of nitrogens with zero attached hydrogens (tertiary/aromatic N) is 2. The molecule has 7 heteroatoms. The second-order valence-electron chi connectivity index (χ2n) is 6.88. The lowest BCUT2D eigenvalue weighted by molar-refractivity contribution is -0.119. The van der Waals surface area contributed by atoms with Crippen LogP contribution in [0.25, 0.3) is 0 Å². The van der Waals surface area contributed by atoms with E-state index in [1.165, 1.54) is 17.3 Å². The molecule has 1 atom stereocenters. The Balaban J connectivity index is 1.88. The van der Waals surface area contributed by atoms with E-state index in [-0.39, 0.29) is 23.4 Å². The van der Waals surface area contributed by atoms with Crippen molar-refractivity contribution in [2.45, 2.75) is 58.3 Å². The Labute approximate surface area is 158 Å². The van der Waals surface area contributed by atoms with Crippen LogP contribution in [0, 0.1) is 5.92 Å². The van der Waals surface area contributed by atoms with Crippen LogP contribution in [0.4, 0.5) is 0 Å². The van der Waals surface area contributed by atoms with Gasteiger partial charge in [0.2, 0.25) is 5.91 Å². The van der Waals surface area contributed by atoms with Crippen molar-refractivity contribution in [1.29, 1.82) is 0 Å². The van der Waals surface area contributed by atoms with Gasteiger partial charge in [-0.25, -0.2) is 9.89 Å². The zero-order valence-electron chi connectivity index (χ0n) is 15.9. The van der Waals surface area contributed by atoms with Gasteiger partial charge in [-0.3, -0.25) is 9.36 Å². The Morgan fingerprint density at radius 2 is 1.96 bits per heavy atom. The molecule has 6 nitrogen and oxygen atoms in total. The van der Waals surface area contributed by atoms with Crippen LogP contribution in [0.15, 0.2) is 34.2 Å². The van der Waals surface area contributed by atoms with Gasteiger partial charge in [0, 0.05) is 6.54 Å². The maximum absolute atomic E-state index is 12.2. The molecule has 142 valence electrons. The molecule has 2 N–H and O–H groups in total. The highest BCUT2D eigenvalue weighted by Crippen LogP contribution is 2.17. The number of aromatic nitrogens is 3. The summed E-state index contributed by atoms with van der Waals surface area (Å²) in [5.41, 5.74) is 2.16. The topological polar surface area (TPSA) is 79.8 Å². The van der Waals surface area contributed by atoms with E-state index in [1.807, 2.05) is 13.8 Å². The van der Waals surface area contributed by atoms with Crippen LogP contribution >= 0.6 is 11.8 Å². The van der Waals surface area contributed by atoms with Gasteiger partial charge < -0.3 is 5.32 Å². The highest BCUT2D eigenvalue weighted by atomic mass is 32.2. The maximum Gasteiger partial charge on any atom is 0.343 e. The molecule has 0 aliphatic rings. The van der Waals surface area contributed by atoms with Crippen molar-refractivity contribution in [3.63, 3.8) is 0 Å². The van der Waals surface area contributed by atoms with Crippen molar-refractivity contribution in [1.82, 2.24) is 20.1 Å². The number of aromatic amines is 1. The molecule has 0 bridgehead atoms. The number of carbonyl (C=O) groups excluding carboxylic acids is 1. The number of benzene rings is 1. The first-order valence-electron chi connectivity index (χ1n) is 9.06. The van der Waals surface area contributed by atoms with Gasteiger partial charge in [0.25, 0.3) is 0 Å². The second-order valence-corrected chi connectivity index (χ2v) is 7.82. The number of H-pyrrole nitrogens is 1. The minimum Gasteiger partial charge on any atom is -0.349 e. The Morgan fingerprint density at radius 3 is 2.58 bits per heavy atom. The summed E-state index contributed by atoms with van der Waals surface area (Å²) in [6.45, 7) is 8.97. The van der Waals surface area contributed by atoms with Crippen LogP contribution < -0.4 is 11.0 Å². The minimum absolute atomic E-state index is 0.0618. The first kappa shape index (κ1) is 20.3. The average Bonchev–Trinajstić information content (AvgIpc) is 2.94. The van der Waals surface area contributed by atoms with Gasteiger partial charge >= 0.3 is 5.69 Å². The fraction of sp³-hybridized carbons (Fsp3) is 0.526. The molecule has 0 saturated heterocycles. The normalized spacial score (nSPS) is 12.3. The third-order valence-electron chi connectivity index (χ3n) is 4.00. The monoisotopic (exact) mass is 376 g/mol. The molecule has 1 aromatic heterocycles. The summed E-state index contributed by atoms with van der Waals surface area (Å²) in [7, 11) is 0. The van der Waals surface area contributed by atoms with E-state index in [4.69, 9.17) is 0 Å². The lowest BCUT2D eigenvalue weighted by atomic mass is 10.00. The van der Waals surface area contributed by atoms with Crippen LogP contribution in [0.2, 0.25) is 0 Å². The second kappa shape index (κ2) is 9.62. The molecule has 0 aliphatic carbocycles. The quantitative estimate of drug-likeness (QED) is 0.659. The van der Waals surface area contributed by atoms with Crippen molar-refractivity contribution in [2.24, 2.45) is 5.92 Å². The molecular weight excluding hydrogens is 348 g/mol. The molecule has 0 spiro atoms. The summed E-state index contributed by atoms with van der Waals surface area (Å²) < 4.78 is 1.56. The Hall–Kier alpha value is -2.02. The molecule has 0 aliphatic heterocycles. The van der Waals surface area contributed by atoms with Crippen molar-refractivity contribution in [3.8, 4) is 0 Å². The van der Waals surface area contributed by atoms with Crippen LogP contribution in [0.1, 0.15) is 51.3 Å². The van der Waals surface area contributed by atoms with Crippen LogP contribution in [-0.4, -0.2) is 26.4 Å². The van der Waals surface area contributed by atoms with Crippen LogP contribution in [0.3, 0.4) is 0 Å². The molecule has 0 fully saturated rings. The van der Waals surface area contributed by atoms with Crippen molar-refractivity contribution in [3.05, 3.63) is 45.9 Å². The summed E-state index contributed by atoms with van der Waals surface area (Å²) in [5.74, 6) is 0.776. The van der Waals surface area contributed by atoms with Gasteiger partial charge in [0.1, 0.15) is 0 Å². The highest BCUT2D eigenvalue weighted by Gasteiger charge is 2.13. The van der Waals surface area contributed by atoms with Crippen molar-refractivity contribution < 1.29 is 4.79 Å². The number of carbonyl (C=O) groups is 1. The van der Waals surface area contributed by atoms with E-state index in [9.17, 15) is 9.59 Å². The Kier molecular flexibility index (Phi) is 7.50. The standard InChI is InChI=1S/C19H28N4O2S/c1-5-10-23-18(25)21-22-19(23)26-12-17(24)20-14(4)16-8-6-15(7-9-16)11-13(2)3/h6-9,13-14H,5,10-12H2,1-4H3,(H,20,24)(H,21,25)/t14-/m1/s1. The SMILES string of the molecule is CCCn1c(SCC(=O)N[C@H](C)c2ccc(CC(C)C)cc2)n[nH]c1=O. The number of hydrogen-bond donors (Lipinski definition) is 2. The predicted molar refractivity (Wildman–Crippen MR) is 105 cm³/mol. The average molecular weight is 377 g/mol. The fourth-order valence-electron chi connectivity index (χ4n) is 2.74. The lowest BCUT2D eigenvalue weighted by Gasteiger charge is -2.15. The van der Waals surface area contributed by atoms with Crippen LogP contribution in [-0.2, 0) is 17.8 Å². The number of hydrogen-bond acceptors (Lipinski definition) is 4. The van der Waals surface area contributed by atoms with E-state index < -0.39 is 0 Å². The molecule has 1 amide bonds. The van der Waals surface area contributed by atoms with Gasteiger partial charge in [0.05, 0.1) is 11.8 Å². The lowest BCUT2D eigenvalue weighted by Crippen LogP contribution is -2.28. The summed E-state index contributed by atoms with van der Waals surface area (Å²) in [6, 6.07) is 8.33. The van der Waals surface area contributed by atoms with Gasteiger partial charge in [-0.1, -0.05) is 56.8 Å². The predicted octanol–water partition coefficient (Wildman–Crippen LogP) is 3.15. The molecule has 26 heavy (non-hydrogen) atoms. The van der Waals surface area contributed by atoms with Crippen LogP contribution in [0.5, 0.6) is 0 Å². The Bertz CT molecular complexity index is 765. The third-order valence-corrected chi connectivity index (χ3v) is 4.98. The summed E-state index contributed by atoms with van der Waals surface area (Å²) >= 11 is 1.27. The van der Waals surface area contributed by atoms with Gasteiger partial charge in [-0.2, -0.15) is 0 Å². The van der Waals surface area contributed by atoms with Crippen molar-refractivity contribution >= 4 is 17.7 Å². The number of nitrogens with one attached hydrogen (secondary N) is 2. The van der Waals surface area contributed by atoms with E-state index in [0.717, 1.165) is 18.4 Å². The van der Waals surface area contributed by atoms with Gasteiger partial charge in [-0.15, -0.1) is 5.10 Å². The molecule has 1 heterocycles. The molecule has 2 aromatic rings. The first-order chi connectivity index (χ1) is 12.4. The third kappa shape index (κ3) is 5.76. The van der Waals surface area contributed by atoms with E-state index in [2.05, 4.69) is 53.6 Å². The van der Waals surface area contributed by atoms with Crippen molar-refractivity contribution in [2.75, 3.05) is 5.75 Å². The fourth-order valence-corrected chi connectivity index (χ4v) is 3.53. The van der Waals surface area contributed by atoms with E-state index in [1.54, 1.807) is 4.57 Å². The summed E-state index contributed by atoms with van der Waals surface area (Å²) in [6.07, 6.45) is 1.89. The number of thioether (sulfide) groups is 1. The molecule has 0 unspecified atom stereocenters. The first-order valence-corrected chi connectivity index (χ1v) is 10.1. The highest BCUT2D eigenvalue weighted by molar-refractivity contribution is 7.99. The molecular formula is C19H28N4O2S. The van der Waals surface area contributed by atoms with Gasteiger partial charge in [0.15, 0.2) is 5.16 Å². The largest absolute Gasteiger partial charge is 0.349 e. The molecule has 0 radical (unpaired) electrons. The smallest absolute Gasteiger partial charge is 0.343 e. The summed E-state index contributed by atoms with van der Waals surface area (Å²) in [5, 5.41) is 9.97.